The molecule has 0 bridgehead atoms. The molecule has 0 spiro atoms. The highest BCUT2D eigenvalue weighted by Gasteiger charge is 2.32. The van der Waals surface area contributed by atoms with Crippen molar-refractivity contribution in [3.8, 4) is 5.75 Å². The van der Waals surface area contributed by atoms with E-state index in [0.29, 0.717) is 5.75 Å². The van der Waals surface area contributed by atoms with Gasteiger partial charge in [-0.1, -0.05) is 12.1 Å². The lowest BCUT2D eigenvalue weighted by atomic mass is 9.90. The third-order valence-electron chi connectivity index (χ3n) is 2.95. The highest BCUT2D eigenvalue weighted by Crippen LogP contribution is 2.39. The zero-order chi connectivity index (χ0) is 10.2. The monoisotopic (exact) mass is 255 g/mol. The van der Waals surface area contributed by atoms with Crippen molar-refractivity contribution in [2.75, 3.05) is 6.54 Å². The summed E-state index contributed by atoms with van der Waals surface area (Å²) in [5.41, 5.74) is 0.929. The number of benzene rings is 1. The second-order valence-electron chi connectivity index (χ2n) is 4.00. The Morgan fingerprint density at radius 3 is 2.93 bits per heavy atom. The van der Waals surface area contributed by atoms with Crippen molar-refractivity contribution in [3.05, 3.63) is 28.2 Å². The van der Waals surface area contributed by atoms with Crippen LogP contribution in [0.3, 0.4) is 0 Å². The summed E-state index contributed by atoms with van der Waals surface area (Å²) in [5, 5.41) is 13.4. The Morgan fingerprint density at radius 1 is 1.50 bits per heavy atom. The molecule has 1 atom stereocenters. The fourth-order valence-electron chi connectivity index (χ4n) is 2.09. The maximum Gasteiger partial charge on any atom is 0.134 e. The van der Waals surface area contributed by atoms with Gasteiger partial charge in [-0.2, -0.15) is 0 Å². The molecule has 14 heavy (non-hydrogen) atoms. The summed E-state index contributed by atoms with van der Waals surface area (Å²) >= 11 is 3.34. The molecule has 0 saturated carbocycles. The fraction of sp³-hybridized carbons (Fsp3) is 0.455. The summed E-state index contributed by atoms with van der Waals surface area (Å²) in [6.07, 6.45) is 2.25. The first kappa shape index (κ1) is 9.99. The maximum absolute atomic E-state index is 9.94. The number of hydrogen-bond acceptors (Lipinski definition) is 2. The number of aromatic hydroxyl groups is 1. The Hall–Kier alpha value is -0.540. The molecule has 0 amide bonds. The minimum atomic E-state index is -0.0616. The first-order chi connectivity index (χ1) is 6.63. The van der Waals surface area contributed by atoms with Gasteiger partial charge in [0.15, 0.2) is 0 Å². The van der Waals surface area contributed by atoms with Crippen LogP contribution < -0.4 is 5.32 Å². The van der Waals surface area contributed by atoms with E-state index in [-0.39, 0.29) is 5.54 Å². The van der Waals surface area contributed by atoms with Gasteiger partial charge in [-0.05, 0) is 48.3 Å². The summed E-state index contributed by atoms with van der Waals surface area (Å²) in [5.74, 6) is 0.365. The van der Waals surface area contributed by atoms with E-state index in [1.807, 2.05) is 18.2 Å². The zero-order valence-electron chi connectivity index (χ0n) is 8.18. The Morgan fingerprint density at radius 2 is 2.29 bits per heavy atom. The molecule has 0 aromatic heterocycles. The van der Waals surface area contributed by atoms with Gasteiger partial charge < -0.3 is 10.4 Å². The average molecular weight is 256 g/mol. The van der Waals surface area contributed by atoms with Crippen molar-refractivity contribution >= 4 is 15.9 Å². The van der Waals surface area contributed by atoms with E-state index in [1.54, 1.807) is 0 Å². The van der Waals surface area contributed by atoms with Crippen LogP contribution >= 0.6 is 15.9 Å². The predicted octanol–water partition coefficient (Wildman–Crippen LogP) is 2.75. The lowest BCUT2D eigenvalue weighted by Crippen LogP contribution is -2.33. The topological polar surface area (TPSA) is 32.3 Å². The molecule has 2 rings (SSSR count). The van der Waals surface area contributed by atoms with Crippen LogP contribution in [0, 0.1) is 0 Å². The third kappa shape index (κ3) is 1.55. The molecule has 1 unspecified atom stereocenters. The number of para-hydroxylation sites is 1. The first-order valence-corrected chi connectivity index (χ1v) is 5.66. The normalized spacial score (nSPS) is 26.7. The van der Waals surface area contributed by atoms with Crippen molar-refractivity contribution in [1.29, 1.82) is 0 Å². The zero-order valence-corrected chi connectivity index (χ0v) is 9.76. The van der Waals surface area contributed by atoms with Gasteiger partial charge in [0.25, 0.3) is 0 Å². The average Bonchev–Trinajstić information content (AvgIpc) is 2.58. The molecule has 0 radical (unpaired) electrons. The second kappa shape index (κ2) is 3.55. The van der Waals surface area contributed by atoms with E-state index in [9.17, 15) is 5.11 Å². The number of nitrogens with one attached hydrogen (secondary N) is 1. The number of phenolic OH excluding ortho intramolecular Hbond substituents is 1. The number of hydrogen-bond donors (Lipinski definition) is 2. The molecule has 1 aliphatic heterocycles. The number of halogens is 1. The molecule has 2 N–H and O–H groups in total. The molecule has 1 saturated heterocycles. The highest BCUT2D eigenvalue weighted by atomic mass is 79.9. The SMILES string of the molecule is CC1(c2cccc(Br)c2O)CCCN1. The molecule has 1 fully saturated rings. The second-order valence-corrected chi connectivity index (χ2v) is 4.85. The van der Waals surface area contributed by atoms with Gasteiger partial charge in [-0.3, -0.25) is 0 Å². The van der Waals surface area contributed by atoms with Crippen molar-refractivity contribution in [2.45, 2.75) is 25.3 Å². The molecule has 76 valence electrons. The van der Waals surface area contributed by atoms with Gasteiger partial charge in [0.1, 0.15) is 5.75 Å². The minimum absolute atomic E-state index is 0.0616. The first-order valence-electron chi connectivity index (χ1n) is 4.86. The van der Waals surface area contributed by atoms with Crippen LogP contribution in [0.5, 0.6) is 5.75 Å². The Balaban J connectivity index is 2.45. The standard InChI is InChI=1S/C11H14BrNO/c1-11(6-3-7-13-11)8-4-2-5-9(12)10(8)14/h2,4-5,13-14H,3,6-7H2,1H3. The van der Waals surface area contributed by atoms with E-state index >= 15 is 0 Å². The van der Waals surface area contributed by atoms with Gasteiger partial charge in [-0.15, -0.1) is 0 Å². The smallest absolute Gasteiger partial charge is 0.134 e. The maximum atomic E-state index is 9.94. The molecule has 1 aromatic rings. The van der Waals surface area contributed by atoms with Gasteiger partial charge in [0, 0.05) is 11.1 Å². The lowest BCUT2D eigenvalue weighted by molar-refractivity contribution is 0.393. The van der Waals surface area contributed by atoms with Gasteiger partial charge in [0.2, 0.25) is 0 Å². The van der Waals surface area contributed by atoms with E-state index in [1.165, 1.54) is 6.42 Å². The lowest BCUT2D eigenvalue weighted by Gasteiger charge is -2.26. The molecular formula is C11H14BrNO. The summed E-state index contributed by atoms with van der Waals surface area (Å²) < 4.78 is 0.768. The van der Waals surface area contributed by atoms with Gasteiger partial charge in [0.05, 0.1) is 4.47 Å². The van der Waals surface area contributed by atoms with Crippen LogP contribution in [0.2, 0.25) is 0 Å². The van der Waals surface area contributed by atoms with E-state index in [2.05, 4.69) is 28.2 Å². The van der Waals surface area contributed by atoms with Gasteiger partial charge in [-0.25, -0.2) is 0 Å². The summed E-state index contributed by atoms with van der Waals surface area (Å²) in [6, 6.07) is 5.81. The van der Waals surface area contributed by atoms with Crippen LogP contribution in [0.25, 0.3) is 0 Å². The van der Waals surface area contributed by atoms with Crippen molar-refractivity contribution in [1.82, 2.24) is 5.32 Å². The Bertz CT molecular complexity index is 345. The Kier molecular flexibility index (Phi) is 2.54. The molecular weight excluding hydrogens is 242 g/mol. The van der Waals surface area contributed by atoms with Crippen LogP contribution in [-0.4, -0.2) is 11.7 Å². The molecule has 3 heteroatoms. The van der Waals surface area contributed by atoms with Crippen LogP contribution in [-0.2, 0) is 5.54 Å². The summed E-state index contributed by atoms with van der Waals surface area (Å²) in [7, 11) is 0. The van der Waals surface area contributed by atoms with Crippen molar-refractivity contribution < 1.29 is 5.11 Å². The van der Waals surface area contributed by atoms with Crippen LogP contribution in [0.4, 0.5) is 0 Å². The molecule has 1 aliphatic rings. The van der Waals surface area contributed by atoms with Crippen molar-refractivity contribution in [3.63, 3.8) is 0 Å². The van der Waals surface area contributed by atoms with Crippen LogP contribution in [0.15, 0.2) is 22.7 Å². The largest absolute Gasteiger partial charge is 0.506 e. The summed E-state index contributed by atoms with van der Waals surface area (Å²) in [6.45, 7) is 3.17. The summed E-state index contributed by atoms with van der Waals surface area (Å²) in [4.78, 5) is 0. The molecule has 1 heterocycles. The molecule has 1 aromatic carbocycles. The highest BCUT2D eigenvalue weighted by molar-refractivity contribution is 9.10. The van der Waals surface area contributed by atoms with Crippen molar-refractivity contribution in [2.24, 2.45) is 0 Å². The van der Waals surface area contributed by atoms with E-state index < -0.39 is 0 Å². The number of rotatable bonds is 1. The number of phenols is 1. The molecule has 0 aliphatic carbocycles. The van der Waals surface area contributed by atoms with Gasteiger partial charge >= 0.3 is 0 Å². The van der Waals surface area contributed by atoms with E-state index in [4.69, 9.17) is 0 Å². The van der Waals surface area contributed by atoms with E-state index in [0.717, 1.165) is 23.0 Å². The predicted molar refractivity (Wildman–Crippen MR) is 60.4 cm³/mol. The quantitative estimate of drug-likeness (QED) is 0.809. The Labute approximate surface area is 92.5 Å². The molecule has 2 nitrogen and oxygen atoms in total. The minimum Gasteiger partial charge on any atom is -0.506 e. The third-order valence-corrected chi connectivity index (χ3v) is 3.59. The van der Waals surface area contributed by atoms with Crippen LogP contribution in [0.1, 0.15) is 25.3 Å². The fourth-order valence-corrected chi connectivity index (χ4v) is 2.45.